The molecule has 0 aliphatic heterocycles. The molecule has 0 spiro atoms. The van der Waals surface area contributed by atoms with Crippen molar-refractivity contribution in [3.05, 3.63) is 56.4 Å². The number of hydrogen-bond donors (Lipinski definition) is 2. The molecule has 1 heterocycles. The lowest BCUT2D eigenvalue weighted by atomic mass is 10.1. The first kappa shape index (κ1) is 19.4. The lowest BCUT2D eigenvalue weighted by Crippen LogP contribution is -2.32. The minimum Gasteiger partial charge on any atom is -0.394 e. The third-order valence-electron chi connectivity index (χ3n) is 4.01. The van der Waals surface area contributed by atoms with Gasteiger partial charge in [-0.1, -0.05) is 18.2 Å². The lowest BCUT2D eigenvalue weighted by molar-refractivity contribution is -0.0212. The molecule has 0 saturated heterocycles. The molecule has 1 aromatic rings. The molecule has 1 aliphatic carbocycles. The first-order valence-electron chi connectivity index (χ1n) is 8.56. The van der Waals surface area contributed by atoms with Crippen LogP contribution in [0.15, 0.2) is 39.6 Å². The number of allylic oxidation sites excluding steroid dienone is 2. The van der Waals surface area contributed by atoms with Crippen molar-refractivity contribution in [2.75, 3.05) is 26.4 Å². The van der Waals surface area contributed by atoms with Gasteiger partial charge < -0.3 is 19.1 Å². The van der Waals surface area contributed by atoms with E-state index in [1.165, 1.54) is 16.3 Å². The van der Waals surface area contributed by atoms with E-state index in [9.17, 15) is 14.7 Å². The Morgan fingerprint density at radius 1 is 1.32 bits per heavy atom. The highest BCUT2D eigenvalue weighted by Crippen LogP contribution is 2.09. The van der Waals surface area contributed by atoms with Crippen molar-refractivity contribution < 1.29 is 14.6 Å². The van der Waals surface area contributed by atoms with Crippen molar-refractivity contribution in [1.82, 2.24) is 9.55 Å². The van der Waals surface area contributed by atoms with Gasteiger partial charge in [-0.05, 0) is 31.8 Å². The zero-order chi connectivity index (χ0) is 18.1. The van der Waals surface area contributed by atoms with E-state index >= 15 is 0 Å². The minimum atomic E-state index is -0.454. The summed E-state index contributed by atoms with van der Waals surface area (Å²) in [4.78, 5) is 25.3. The zero-order valence-electron chi connectivity index (χ0n) is 14.6. The van der Waals surface area contributed by atoms with E-state index < -0.39 is 5.69 Å². The molecule has 7 heteroatoms. The van der Waals surface area contributed by atoms with E-state index in [1.54, 1.807) is 6.92 Å². The number of rotatable bonds is 10. The van der Waals surface area contributed by atoms with Crippen LogP contribution in [-0.4, -0.2) is 47.2 Å². The molecule has 1 atom stereocenters. The number of aliphatic hydroxyl groups is 1. The van der Waals surface area contributed by atoms with Crippen LogP contribution in [-0.2, 0) is 16.0 Å². The average Bonchev–Trinajstić information content (AvgIpc) is 2.62. The van der Waals surface area contributed by atoms with Crippen molar-refractivity contribution in [1.29, 1.82) is 0 Å². The normalized spacial score (nSPS) is 15.2. The maximum Gasteiger partial charge on any atom is 0.328 e. The summed E-state index contributed by atoms with van der Waals surface area (Å²) < 4.78 is 12.6. The summed E-state index contributed by atoms with van der Waals surface area (Å²) in [6, 6.07) is 0. The third kappa shape index (κ3) is 6.45. The number of aryl methyl sites for hydroxylation is 2. The van der Waals surface area contributed by atoms with Crippen LogP contribution in [0.4, 0.5) is 0 Å². The van der Waals surface area contributed by atoms with Crippen LogP contribution in [0.25, 0.3) is 0 Å². The molecule has 0 aromatic carbocycles. The van der Waals surface area contributed by atoms with Gasteiger partial charge in [0.2, 0.25) is 0 Å². The third-order valence-corrected chi connectivity index (χ3v) is 4.01. The number of ether oxygens (including phenoxy) is 2. The average molecular weight is 350 g/mol. The molecule has 1 aliphatic rings. The monoisotopic (exact) mass is 350 g/mol. The number of nitrogens with zero attached hydrogens (tertiary/aromatic N) is 1. The first-order chi connectivity index (χ1) is 12.1. The Labute approximate surface area is 146 Å². The summed E-state index contributed by atoms with van der Waals surface area (Å²) in [5.41, 5.74) is 0.819. The summed E-state index contributed by atoms with van der Waals surface area (Å²) in [5, 5.41) is 9.40. The molecule has 0 fully saturated rings. The Bertz CT molecular complexity index is 717. The molecule has 0 bridgehead atoms. The predicted molar refractivity (Wildman–Crippen MR) is 94.8 cm³/mol. The smallest absolute Gasteiger partial charge is 0.328 e. The quantitative estimate of drug-likeness (QED) is 0.612. The molecule has 7 nitrogen and oxygen atoms in total. The fourth-order valence-corrected chi connectivity index (χ4v) is 2.53. The summed E-state index contributed by atoms with van der Waals surface area (Å²) in [6.45, 7) is 3.26. The fourth-order valence-electron chi connectivity index (χ4n) is 2.53. The molecular formula is C18H26N2O5. The Hall–Kier alpha value is -1.96. The number of nitrogens with one attached hydrogen (secondary N) is 1. The second-order valence-corrected chi connectivity index (χ2v) is 6.04. The summed E-state index contributed by atoms with van der Waals surface area (Å²) >= 11 is 0. The van der Waals surface area contributed by atoms with Crippen LogP contribution in [0, 0.1) is 6.92 Å². The van der Waals surface area contributed by atoms with Gasteiger partial charge in [-0.2, -0.15) is 0 Å². The molecule has 0 radical (unpaired) electrons. The molecule has 138 valence electrons. The summed E-state index contributed by atoms with van der Waals surface area (Å²) in [5.74, 6) is 0. The van der Waals surface area contributed by atoms with Gasteiger partial charge in [0.25, 0.3) is 5.56 Å². The standard InChI is InChI=1S/C18H26N2O5/c1-14-11-20(18(23)19-17(14)22)8-7-16(12-21)25-10-9-24-13-15-5-3-2-4-6-15/h3,5-6,11,16,21H,2,4,7-10,12-13H2,1H3,(H,19,22,23)/t16-/m0/s1. The molecule has 0 unspecified atom stereocenters. The van der Waals surface area contributed by atoms with Crippen molar-refractivity contribution >= 4 is 0 Å². The Balaban J connectivity index is 1.69. The van der Waals surface area contributed by atoms with Crippen molar-refractivity contribution in [3.8, 4) is 0 Å². The van der Waals surface area contributed by atoms with Gasteiger partial charge in [0.1, 0.15) is 0 Å². The SMILES string of the molecule is Cc1cn(CC[C@@H](CO)OCCOCC2=CCCC=C2)c(=O)[nH]c1=O. The molecule has 0 saturated carbocycles. The number of aliphatic hydroxyl groups excluding tert-OH is 1. The molecule has 2 rings (SSSR count). The van der Waals surface area contributed by atoms with Gasteiger partial charge in [-0.15, -0.1) is 0 Å². The molecular weight excluding hydrogens is 324 g/mol. The highest BCUT2D eigenvalue weighted by atomic mass is 16.5. The number of aromatic amines is 1. The maximum absolute atomic E-state index is 11.7. The Morgan fingerprint density at radius 2 is 2.16 bits per heavy atom. The Morgan fingerprint density at radius 3 is 2.88 bits per heavy atom. The van der Waals surface area contributed by atoms with Crippen molar-refractivity contribution in [2.45, 2.75) is 38.8 Å². The molecule has 0 amide bonds. The fraction of sp³-hybridized carbons (Fsp3) is 0.556. The highest BCUT2D eigenvalue weighted by molar-refractivity contribution is 5.22. The highest BCUT2D eigenvalue weighted by Gasteiger charge is 2.09. The second kappa shape index (κ2) is 10.1. The van der Waals surface area contributed by atoms with Crippen LogP contribution >= 0.6 is 0 Å². The van der Waals surface area contributed by atoms with E-state index in [2.05, 4.69) is 23.2 Å². The van der Waals surface area contributed by atoms with Crippen molar-refractivity contribution in [3.63, 3.8) is 0 Å². The first-order valence-corrected chi connectivity index (χ1v) is 8.56. The van der Waals surface area contributed by atoms with E-state index in [1.807, 2.05) is 0 Å². The topological polar surface area (TPSA) is 93.6 Å². The van der Waals surface area contributed by atoms with Gasteiger partial charge in [0, 0.05) is 18.3 Å². The van der Waals surface area contributed by atoms with Gasteiger partial charge >= 0.3 is 5.69 Å². The maximum atomic E-state index is 11.7. The minimum absolute atomic E-state index is 0.134. The number of hydrogen-bond acceptors (Lipinski definition) is 5. The number of H-pyrrole nitrogens is 1. The zero-order valence-corrected chi connectivity index (χ0v) is 14.6. The molecule has 25 heavy (non-hydrogen) atoms. The lowest BCUT2D eigenvalue weighted by Gasteiger charge is -2.16. The van der Waals surface area contributed by atoms with E-state index in [0.29, 0.717) is 38.3 Å². The summed E-state index contributed by atoms with van der Waals surface area (Å²) in [6.07, 6.45) is 10.1. The van der Waals surface area contributed by atoms with Crippen LogP contribution < -0.4 is 11.2 Å². The van der Waals surface area contributed by atoms with Crippen LogP contribution in [0.2, 0.25) is 0 Å². The molecule has 2 N–H and O–H groups in total. The van der Waals surface area contributed by atoms with Crippen molar-refractivity contribution in [2.24, 2.45) is 0 Å². The van der Waals surface area contributed by atoms with E-state index in [4.69, 9.17) is 9.47 Å². The molecule has 1 aromatic heterocycles. The number of aromatic nitrogens is 2. The van der Waals surface area contributed by atoms with Gasteiger partial charge in [-0.25, -0.2) is 4.79 Å². The summed E-state index contributed by atoms with van der Waals surface area (Å²) in [7, 11) is 0. The predicted octanol–water partition coefficient (Wildman–Crippen LogP) is 0.906. The Kier molecular flexibility index (Phi) is 7.84. The van der Waals surface area contributed by atoms with Gasteiger partial charge in [-0.3, -0.25) is 9.78 Å². The van der Waals surface area contributed by atoms with Gasteiger partial charge in [0.05, 0.1) is 32.5 Å². The second-order valence-electron chi connectivity index (χ2n) is 6.04. The van der Waals surface area contributed by atoms with Crippen LogP contribution in [0.1, 0.15) is 24.8 Å². The van der Waals surface area contributed by atoms with Crippen LogP contribution in [0.5, 0.6) is 0 Å². The van der Waals surface area contributed by atoms with Crippen LogP contribution in [0.3, 0.4) is 0 Å². The largest absolute Gasteiger partial charge is 0.394 e. The van der Waals surface area contributed by atoms with E-state index in [-0.39, 0.29) is 18.3 Å². The van der Waals surface area contributed by atoms with E-state index in [0.717, 1.165) is 12.8 Å². The van der Waals surface area contributed by atoms with Gasteiger partial charge in [0.15, 0.2) is 0 Å².